The molecule has 0 aromatic rings. The number of aliphatic hydroxyl groups is 1. The van der Waals surface area contributed by atoms with E-state index in [9.17, 15) is 4.79 Å². The summed E-state index contributed by atoms with van der Waals surface area (Å²) in [5.41, 5.74) is 12.8. The van der Waals surface area contributed by atoms with Crippen LogP contribution in [0.5, 0.6) is 0 Å². The molecule has 0 saturated heterocycles. The maximum atomic E-state index is 10.4. The minimum atomic E-state index is -0.971. The van der Waals surface area contributed by atoms with Crippen LogP contribution in [0.1, 0.15) is 0 Å². The number of hydrogen-bond acceptors (Lipinski definition) is 3. The van der Waals surface area contributed by atoms with Crippen molar-refractivity contribution in [2.45, 2.75) is 6.04 Å². The van der Waals surface area contributed by atoms with Crippen molar-refractivity contribution in [3.8, 4) is 0 Å². The maximum absolute atomic E-state index is 10.4. The monoisotopic (exact) mass is 129 g/mol. The van der Waals surface area contributed by atoms with E-state index in [0.717, 1.165) is 0 Å². The normalized spacial score (nSPS) is 11.8. The Kier molecular flexibility index (Phi) is 3.46. The van der Waals surface area contributed by atoms with Gasteiger partial charge >= 0.3 is 6.21 Å². The van der Waals surface area contributed by atoms with E-state index in [1.165, 1.54) is 0 Å². The predicted molar refractivity (Wildman–Crippen MR) is 29.8 cm³/mol. The van der Waals surface area contributed by atoms with Crippen molar-refractivity contribution >= 4 is 12.0 Å². The van der Waals surface area contributed by atoms with E-state index in [0.29, 0.717) is 6.21 Å². The molecule has 0 unspecified atom stereocenters. The van der Waals surface area contributed by atoms with Crippen LogP contribution in [0.15, 0.2) is 0 Å². The largest absolute Gasteiger partial charge is 0.394 e. The molecule has 0 aliphatic heterocycles. The zero-order valence-corrected chi connectivity index (χ0v) is 4.69. The molecular formula is C4H7N3O2. The van der Waals surface area contributed by atoms with E-state index < -0.39 is 18.4 Å². The molecule has 0 aliphatic rings. The Bertz CT molecular complexity index is 150. The van der Waals surface area contributed by atoms with Crippen LogP contribution in [0.2, 0.25) is 0 Å². The second kappa shape index (κ2) is 3.91. The van der Waals surface area contributed by atoms with Gasteiger partial charge in [0.15, 0.2) is 0 Å². The molecule has 0 amide bonds. The summed E-state index contributed by atoms with van der Waals surface area (Å²) in [5, 5.41) is 8.24. The molecule has 3 N–H and O–H groups in total. The summed E-state index contributed by atoms with van der Waals surface area (Å²) >= 11 is 0. The second-order valence-corrected chi connectivity index (χ2v) is 1.44. The predicted octanol–water partition coefficient (Wildman–Crippen LogP) is -1.82. The van der Waals surface area contributed by atoms with Crippen LogP contribution < -0.4 is 5.73 Å². The highest BCUT2D eigenvalue weighted by Gasteiger charge is 2.12. The van der Waals surface area contributed by atoms with Gasteiger partial charge in [0.1, 0.15) is 0 Å². The Balaban J connectivity index is 3.87. The summed E-state index contributed by atoms with van der Waals surface area (Å²) in [6.07, 6.45) is 0.654. The fourth-order valence-electron chi connectivity index (χ4n) is 0.243. The molecule has 5 nitrogen and oxygen atoms in total. The summed E-state index contributed by atoms with van der Waals surface area (Å²) in [4.78, 5) is 12.8. The molecule has 0 bridgehead atoms. The Labute approximate surface area is 51.7 Å². The van der Waals surface area contributed by atoms with Crippen molar-refractivity contribution in [3.63, 3.8) is 0 Å². The SMILES string of the molecule is [N-]=[N+]=CC(=O)[C@@H](N)CO. The highest BCUT2D eigenvalue weighted by molar-refractivity contribution is 6.27. The Hall–Kier alpha value is -1.03. The number of carbonyl (C=O) groups is 1. The molecule has 0 aliphatic carbocycles. The molecule has 0 fully saturated rings. The number of carbonyl (C=O) groups excluding carboxylic acids is 1. The number of hydrogen-bond donors (Lipinski definition) is 2. The van der Waals surface area contributed by atoms with Gasteiger partial charge < -0.3 is 16.4 Å². The molecule has 0 saturated carbocycles. The third kappa shape index (κ3) is 2.71. The highest BCUT2D eigenvalue weighted by Crippen LogP contribution is 1.73. The first-order valence-electron chi connectivity index (χ1n) is 2.30. The van der Waals surface area contributed by atoms with Gasteiger partial charge in [0.25, 0.3) is 5.78 Å². The average molecular weight is 129 g/mol. The van der Waals surface area contributed by atoms with Gasteiger partial charge in [0.2, 0.25) is 0 Å². The Morgan fingerprint density at radius 2 is 2.56 bits per heavy atom. The lowest BCUT2D eigenvalue weighted by Crippen LogP contribution is -2.34. The number of nitrogens with zero attached hydrogens (tertiary/aromatic N) is 2. The smallest absolute Gasteiger partial charge is 0.324 e. The van der Waals surface area contributed by atoms with Crippen molar-refractivity contribution in [3.05, 3.63) is 5.53 Å². The van der Waals surface area contributed by atoms with Gasteiger partial charge in [-0.25, -0.2) is 0 Å². The molecule has 0 radical (unpaired) electrons. The lowest BCUT2D eigenvalue weighted by atomic mass is 10.2. The molecular weight excluding hydrogens is 122 g/mol. The number of rotatable bonds is 3. The van der Waals surface area contributed by atoms with Crippen LogP contribution in [0.4, 0.5) is 0 Å². The van der Waals surface area contributed by atoms with Crippen molar-refractivity contribution < 1.29 is 14.7 Å². The van der Waals surface area contributed by atoms with Gasteiger partial charge in [-0.05, 0) is 0 Å². The molecule has 50 valence electrons. The number of Topliss-reactive ketones (excluding diaryl/α,β-unsaturated/α-hetero) is 1. The summed E-state index contributed by atoms with van der Waals surface area (Å²) in [7, 11) is 0. The van der Waals surface area contributed by atoms with Gasteiger partial charge in [-0.1, -0.05) is 0 Å². The standard InChI is InChI=1S/C4H7N3O2/c5-3(2-8)4(9)1-7-6/h1,3,8H,2,5H2/t3-/m0/s1. The fraction of sp³-hybridized carbons (Fsp3) is 0.500. The third-order valence-electron chi connectivity index (χ3n) is 0.747. The van der Waals surface area contributed by atoms with Crippen LogP contribution in [-0.2, 0) is 4.79 Å². The molecule has 0 aromatic carbocycles. The van der Waals surface area contributed by atoms with Crippen LogP contribution in [0, 0.1) is 0 Å². The van der Waals surface area contributed by atoms with Crippen LogP contribution >= 0.6 is 0 Å². The van der Waals surface area contributed by atoms with E-state index in [2.05, 4.69) is 4.79 Å². The maximum Gasteiger partial charge on any atom is 0.324 e. The van der Waals surface area contributed by atoms with E-state index in [1.807, 2.05) is 0 Å². The van der Waals surface area contributed by atoms with Crippen molar-refractivity contribution in [2.75, 3.05) is 6.61 Å². The van der Waals surface area contributed by atoms with Gasteiger partial charge in [-0.3, -0.25) is 4.79 Å². The van der Waals surface area contributed by atoms with Crippen molar-refractivity contribution in [2.24, 2.45) is 5.73 Å². The number of nitrogens with two attached hydrogens (primary N) is 1. The first kappa shape index (κ1) is 7.97. The van der Waals surface area contributed by atoms with Gasteiger partial charge in [0.05, 0.1) is 12.6 Å². The molecule has 0 heterocycles. The summed E-state index contributed by atoms with van der Waals surface area (Å²) in [6, 6.07) is -0.971. The molecule has 1 atom stereocenters. The topological polar surface area (TPSA) is 99.7 Å². The van der Waals surface area contributed by atoms with Crippen molar-refractivity contribution in [1.29, 1.82) is 0 Å². The van der Waals surface area contributed by atoms with E-state index in [4.69, 9.17) is 16.4 Å². The van der Waals surface area contributed by atoms with E-state index >= 15 is 0 Å². The first-order chi connectivity index (χ1) is 4.22. The number of ketones is 1. The summed E-state index contributed by atoms with van der Waals surface area (Å²) in [6.45, 7) is -0.440. The molecule has 0 aromatic heterocycles. The molecule has 0 spiro atoms. The second-order valence-electron chi connectivity index (χ2n) is 1.44. The minimum Gasteiger partial charge on any atom is -0.394 e. The van der Waals surface area contributed by atoms with E-state index in [1.54, 1.807) is 0 Å². The average Bonchev–Trinajstić information content (AvgIpc) is 1.87. The van der Waals surface area contributed by atoms with E-state index in [-0.39, 0.29) is 0 Å². The quantitative estimate of drug-likeness (QED) is 0.266. The van der Waals surface area contributed by atoms with Gasteiger partial charge in [-0.2, -0.15) is 4.79 Å². The summed E-state index contributed by atoms with van der Waals surface area (Å²) < 4.78 is 0. The van der Waals surface area contributed by atoms with Crippen LogP contribution in [0.3, 0.4) is 0 Å². The van der Waals surface area contributed by atoms with Gasteiger partial charge in [0, 0.05) is 0 Å². The Morgan fingerprint density at radius 3 is 2.89 bits per heavy atom. The van der Waals surface area contributed by atoms with Crippen LogP contribution in [-0.4, -0.2) is 34.5 Å². The van der Waals surface area contributed by atoms with Gasteiger partial charge in [-0.15, -0.1) is 0 Å². The third-order valence-corrected chi connectivity index (χ3v) is 0.747. The zero-order valence-electron chi connectivity index (χ0n) is 4.69. The van der Waals surface area contributed by atoms with Crippen LogP contribution in [0.25, 0.3) is 5.53 Å². The lowest BCUT2D eigenvalue weighted by Gasteiger charge is -1.95. The fourth-order valence-corrected chi connectivity index (χ4v) is 0.243. The molecule has 5 heteroatoms. The number of aliphatic hydroxyl groups excluding tert-OH is 1. The highest BCUT2D eigenvalue weighted by atomic mass is 16.3. The molecule has 0 rings (SSSR count). The zero-order chi connectivity index (χ0) is 7.28. The minimum absolute atomic E-state index is 0.440. The molecule has 9 heavy (non-hydrogen) atoms. The van der Waals surface area contributed by atoms with Crippen molar-refractivity contribution in [1.82, 2.24) is 0 Å². The Morgan fingerprint density at radius 1 is 2.00 bits per heavy atom. The summed E-state index contributed by atoms with van der Waals surface area (Å²) in [5.74, 6) is -0.597. The first-order valence-corrected chi connectivity index (χ1v) is 2.30. The lowest BCUT2D eigenvalue weighted by molar-refractivity contribution is -0.117.